The van der Waals surface area contributed by atoms with E-state index in [0.717, 1.165) is 16.6 Å². The van der Waals surface area contributed by atoms with Crippen LogP contribution in [0, 0.1) is 4.77 Å². The maximum atomic E-state index is 12.0. The van der Waals surface area contributed by atoms with E-state index < -0.39 is 0 Å². The zero-order valence-corrected chi connectivity index (χ0v) is 17.2. The van der Waals surface area contributed by atoms with Crippen molar-refractivity contribution in [3.05, 3.63) is 61.7 Å². The first-order valence-electron chi connectivity index (χ1n) is 8.23. The van der Waals surface area contributed by atoms with Crippen LogP contribution in [0.2, 0.25) is 5.02 Å². The molecule has 0 saturated heterocycles. The van der Waals surface area contributed by atoms with Crippen molar-refractivity contribution in [3.8, 4) is 0 Å². The van der Waals surface area contributed by atoms with E-state index in [2.05, 4.69) is 35.5 Å². The molecule has 0 aliphatic heterocycles. The number of H-pyrrole nitrogens is 2. The van der Waals surface area contributed by atoms with Gasteiger partial charge in [0.15, 0.2) is 4.77 Å². The second-order valence-corrected chi connectivity index (χ2v) is 9.57. The molecule has 138 valence electrons. The van der Waals surface area contributed by atoms with Crippen LogP contribution in [0.5, 0.6) is 0 Å². The Morgan fingerprint density at radius 1 is 1.27 bits per heavy atom. The van der Waals surface area contributed by atoms with Crippen LogP contribution in [0.4, 0.5) is 0 Å². The second kappa shape index (κ2) is 7.60. The van der Waals surface area contributed by atoms with Crippen molar-refractivity contribution in [2.45, 2.75) is 38.6 Å². The van der Waals surface area contributed by atoms with Gasteiger partial charge in [0.2, 0.25) is 0 Å². The molecule has 26 heavy (non-hydrogen) atoms. The number of fused-ring (bicyclic) bond motifs is 1. The fourth-order valence-electron chi connectivity index (χ4n) is 2.68. The molecule has 0 radical (unpaired) electrons. The zero-order chi connectivity index (χ0) is 18.9. The molecule has 5 nitrogen and oxygen atoms in total. The quantitative estimate of drug-likeness (QED) is 0.425. The highest BCUT2D eigenvalue weighted by Crippen LogP contribution is 2.23. The van der Waals surface area contributed by atoms with Gasteiger partial charge < -0.3 is 9.55 Å². The van der Waals surface area contributed by atoms with Gasteiger partial charge in [0.05, 0.1) is 12.1 Å². The first kappa shape index (κ1) is 19.2. The zero-order valence-electron chi connectivity index (χ0n) is 14.9. The Bertz CT molecular complexity index is 1050. The number of hydrogen-bond donors (Lipinski definition) is 3. The summed E-state index contributed by atoms with van der Waals surface area (Å²) in [4.78, 5) is 17.7. The van der Waals surface area contributed by atoms with E-state index in [0.29, 0.717) is 28.4 Å². The number of hydrogen-bond acceptors (Lipinski definition) is 4. The lowest BCUT2D eigenvalue weighted by Crippen LogP contribution is -2.18. The fraction of sp³-hybridized carbons (Fsp3) is 0.333. The van der Waals surface area contributed by atoms with Crippen LogP contribution in [-0.4, -0.2) is 19.3 Å². The molecule has 0 spiro atoms. The van der Waals surface area contributed by atoms with Gasteiger partial charge in [-0.3, -0.25) is 14.5 Å². The van der Waals surface area contributed by atoms with Gasteiger partial charge in [-0.1, -0.05) is 29.6 Å². The summed E-state index contributed by atoms with van der Waals surface area (Å²) < 4.78 is 5.86. The lowest BCUT2D eigenvalue weighted by atomic mass is 10.1. The number of nitrogens with zero attached hydrogens (tertiary/aromatic N) is 1. The molecule has 0 aliphatic rings. The van der Waals surface area contributed by atoms with Crippen molar-refractivity contribution in [2.75, 3.05) is 0 Å². The molecular weight excluding hydrogens is 388 g/mol. The molecule has 2 aromatic heterocycles. The average Bonchev–Trinajstić information content (AvgIpc) is 3.02. The number of halogens is 1. The summed E-state index contributed by atoms with van der Waals surface area (Å²) in [5, 5.41) is 0.697. The van der Waals surface area contributed by atoms with Gasteiger partial charge in [0.1, 0.15) is 5.52 Å². The maximum absolute atomic E-state index is 12.0. The highest BCUT2D eigenvalue weighted by atomic mass is 35.5. The Balaban J connectivity index is 1.95. The number of rotatable bonds is 5. The summed E-state index contributed by atoms with van der Waals surface area (Å²) in [6.45, 7) is 7.71. The van der Waals surface area contributed by atoms with Crippen LogP contribution in [0.15, 0.2) is 35.3 Å². The third kappa shape index (κ3) is 4.40. The number of nitrogens with one attached hydrogen (secondary N) is 3. The molecule has 2 heterocycles. The fourth-order valence-corrected chi connectivity index (χ4v) is 3.79. The molecule has 0 saturated carbocycles. The minimum atomic E-state index is -0.203. The number of benzene rings is 1. The van der Waals surface area contributed by atoms with Crippen LogP contribution in [0.3, 0.4) is 0 Å². The van der Waals surface area contributed by atoms with Crippen LogP contribution in [-0.2, 0) is 13.1 Å². The molecule has 3 rings (SSSR count). The minimum absolute atomic E-state index is 0.123. The van der Waals surface area contributed by atoms with E-state index in [4.69, 9.17) is 23.8 Å². The summed E-state index contributed by atoms with van der Waals surface area (Å²) >= 11 is 13.3. The van der Waals surface area contributed by atoms with E-state index in [9.17, 15) is 4.79 Å². The van der Waals surface area contributed by atoms with Gasteiger partial charge in [-0.15, -0.1) is 0 Å². The van der Waals surface area contributed by atoms with Gasteiger partial charge in [-0.2, -0.15) is 0 Å². The Labute approximate surface area is 166 Å². The minimum Gasteiger partial charge on any atom is -0.355 e. The van der Waals surface area contributed by atoms with Crippen molar-refractivity contribution in [2.24, 2.45) is 0 Å². The predicted molar refractivity (Wildman–Crippen MR) is 112 cm³/mol. The highest BCUT2D eigenvalue weighted by Gasteiger charge is 2.13. The Hall–Kier alpha value is -1.54. The molecule has 0 atom stereocenters. The molecule has 0 unspecified atom stereocenters. The topological polar surface area (TPSA) is 65.6 Å². The third-order valence-electron chi connectivity index (χ3n) is 3.85. The highest BCUT2D eigenvalue weighted by molar-refractivity contribution is 7.98. The first-order chi connectivity index (χ1) is 12.2. The van der Waals surface area contributed by atoms with E-state index in [1.165, 1.54) is 0 Å². The first-order valence-corrected chi connectivity index (χ1v) is 9.83. The smallest absolute Gasteiger partial charge is 0.276 e. The monoisotopic (exact) mass is 408 g/mol. The SMILES string of the molecule is CC(C)(C)SNCc1cc(Cl)ccc1Cn1c(=S)[nH]c(=O)c2[nH]ccc21. The molecule has 3 N–H and O–H groups in total. The summed E-state index contributed by atoms with van der Waals surface area (Å²) in [7, 11) is 0. The lowest BCUT2D eigenvalue weighted by Gasteiger charge is -2.19. The van der Waals surface area contributed by atoms with E-state index >= 15 is 0 Å². The maximum Gasteiger partial charge on any atom is 0.276 e. The van der Waals surface area contributed by atoms with Gasteiger partial charge in [0, 0.05) is 22.5 Å². The predicted octanol–water partition coefficient (Wildman–Crippen LogP) is 4.63. The molecule has 3 aromatic rings. The molecule has 1 aromatic carbocycles. The average molecular weight is 409 g/mol. The Kier molecular flexibility index (Phi) is 5.62. The molecular formula is C18H21ClN4OS2. The van der Waals surface area contributed by atoms with E-state index in [1.54, 1.807) is 18.1 Å². The van der Waals surface area contributed by atoms with Gasteiger partial charge in [0.25, 0.3) is 5.56 Å². The number of aromatic nitrogens is 3. The van der Waals surface area contributed by atoms with Gasteiger partial charge in [-0.05, 0) is 62.3 Å². The molecule has 0 fully saturated rings. The number of aromatic amines is 2. The van der Waals surface area contributed by atoms with Crippen LogP contribution in [0.25, 0.3) is 11.0 Å². The van der Waals surface area contributed by atoms with Crippen molar-refractivity contribution < 1.29 is 0 Å². The summed E-state index contributed by atoms with van der Waals surface area (Å²) in [5.74, 6) is 0. The van der Waals surface area contributed by atoms with Crippen molar-refractivity contribution in [1.82, 2.24) is 19.3 Å². The molecule has 0 aliphatic carbocycles. The molecule has 0 amide bonds. The van der Waals surface area contributed by atoms with Gasteiger partial charge >= 0.3 is 0 Å². The van der Waals surface area contributed by atoms with Gasteiger partial charge in [-0.25, -0.2) is 0 Å². The van der Waals surface area contributed by atoms with Crippen LogP contribution < -0.4 is 10.3 Å². The second-order valence-electron chi connectivity index (χ2n) is 7.03. The van der Waals surface area contributed by atoms with Crippen molar-refractivity contribution in [3.63, 3.8) is 0 Å². The summed E-state index contributed by atoms with van der Waals surface area (Å²) in [5.41, 5.74) is 3.31. The molecule has 8 heteroatoms. The third-order valence-corrected chi connectivity index (χ3v) is 5.30. The lowest BCUT2D eigenvalue weighted by molar-refractivity contribution is 0.762. The van der Waals surface area contributed by atoms with Crippen LogP contribution >= 0.6 is 35.8 Å². The summed E-state index contributed by atoms with van der Waals surface area (Å²) in [6, 6.07) is 7.72. The largest absolute Gasteiger partial charge is 0.355 e. The molecule has 0 bridgehead atoms. The van der Waals surface area contributed by atoms with Crippen LogP contribution in [0.1, 0.15) is 31.9 Å². The van der Waals surface area contributed by atoms with Crippen molar-refractivity contribution in [1.29, 1.82) is 0 Å². The van der Waals surface area contributed by atoms with E-state index in [1.807, 2.05) is 28.8 Å². The Morgan fingerprint density at radius 3 is 2.77 bits per heavy atom. The standard InChI is InChI=1S/C18H21ClN4OS2/c1-18(2,3)26-21-9-12-8-13(19)5-4-11(12)10-23-14-6-7-20-15(14)16(24)22-17(23)25/h4-8,20-21H,9-10H2,1-3H3,(H,22,24,25). The summed E-state index contributed by atoms with van der Waals surface area (Å²) in [6.07, 6.45) is 1.75. The Morgan fingerprint density at radius 2 is 2.04 bits per heavy atom. The van der Waals surface area contributed by atoms with Crippen molar-refractivity contribution >= 4 is 46.8 Å². The normalized spacial score (nSPS) is 12.0. The van der Waals surface area contributed by atoms with E-state index in [-0.39, 0.29) is 10.3 Å².